The van der Waals surface area contributed by atoms with Crippen LogP contribution in [0.2, 0.25) is 0 Å². The molecule has 0 radical (unpaired) electrons. The minimum absolute atomic E-state index is 0.533. The first kappa shape index (κ1) is 11.9. The Hall–Kier alpha value is -1.53. The molecule has 1 aliphatic rings. The maximum Gasteiger partial charge on any atom is 0.101 e. The van der Waals surface area contributed by atoms with E-state index in [2.05, 4.69) is 11.4 Å². The zero-order valence-corrected chi connectivity index (χ0v) is 10.2. The Morgan fingerprint density at radius 1 is 1.41 bits per heavy atom. The van der Waals surface area contributed by atoms with Crippen molar-refractivity contribution in [3.63, 3.8) is 0 Å². The predicted molar refractivity (Wildman–Crippen MR) is 67.8 cm³/mol. The molecule has 0 unspecified atom stereocenters. The summed E-state index contributed by atoms with van der Waals surface area (Å²) >= 11 is 0. The number of hydrogen-bond donors (Lipinski definition) is 2. The molecular formula is C14H18N2O. The topological polar surface area (TPSA) is 56.0 Å². The van der Waals surface area contributed by atoms with Gasteiger partial charge in [0.15, 0.2) is 0 Å². The Labute approximate surface area is 102 Å². The molecule has 90 valence electrons. The van der Waals surface area contributed by atoms with Gasteiger partial charge in [-0.25, -0.2) is 0 Å². The maximum atomic E-state index is 10.2. The third-order valence-corrected chi connectivity index (χ3v) is 3.44. The molecule has 2 rings (SSSR count). The highest BCUT2D eigenvalue weighted by Crippen LogP contribution is 2.30. The van der Waals surface area contributed by atoms with Crippen LogP contribution >= 0.6 is 0 Å². The van der Waals surface area contributed by atoms with E-state index in [1.54, 1.807) is 0 Å². The van der Waals surface area contributed by atoms with Crippen molar-refractivity contribution >= 4 is 5.69 Å². The van der Waals surface area contributed by atoms with Crippen molar-refractivity contribution in [1.82, 2.24) is 0 Å². The fourth-order valence-electron chi connectivity index (χ4n) is 2.37. The van der Waals surface area contributed by atoms with Crippen LogP contribution in [0.15, 0.2) is 18.2 Å². The molecule has 3 nitrogen and oxygen atoms in total. The van der Waals surface area contributed by atoms with Crippen molar-refractivity contribution in [2.75, 3.05) is 11.9 Å². The van der Waals surface area contributed by atoms with Crippen molar-refractivity contribution in [1.29, 1.82) is 5.26 Å². The lowest BCUT2D eigenvalue weighted by molar-refractivity contribution is 0.0615. The number of aryl methyl sites for hydroxylation is 1. The number of hydrogen-bond acceptors (Lipinski definition) is 3. The number of benzene rings is 1. The summed E-state index contributed by atoms with van der Waals surface area (Å²) in [5.74, 6) is 0. The Balaban J connectivity index is 2.08. The normalized spacial score (nSPS) is 17.7. The van der Waals surface area contributed by atoms with Crippen LogP contribution in [0.4, 0.5) is 5.69 Å². The summed E-state index contributed by atoms with van der Waals surface area (Å²) < 4.78 is 0. The molecule has 0 atom stereocenters. The molecule has 1 fully saturated rings. The van der Waals surface area contributed by atoms with Crippen molar-refractivity contribution in [2.24, 2.45) is 0 Å². The maximum absolute atomic E-state index is 10.2. The lowest BCUT2D eigenvalue weighted by Gasteiger charge is -2.23. The molecule has 0 spiro atoms. The second kappa shape index (κ2) is 4.77. The van der Waals surface area contributed by atoms with E-state index < -0.39 is 5.60 Å². The van der Waals surface area contributed by atoms with Gasteiger partial charge >= 0.3 is 0 Å². The molecule has 0 bridgehead atoms. The summed E-state index contributed by atoms with van der Waals surface area (Å²) in [7, 11) is 0. The van der Waals surface area contributed by atoms with Crippen LogP contribution in [0.3, 0.4) is 0 Å². The quantitative estimate of drug-likeness (QED) is 0.839. The zero-order valence-electron chi connectivity index (χ0n) is 10.2. The van der Waals surface area contributed by atoms with Crippen LogP contribution in [0.25, 0.3) is 0 Å². The molecule has 0 heterocycles. The third-order valence-electron chi connectivity index (χ3n) is 3.44. The van der Waals surface area contributed by atoms with Crippen LogP contribution in [0.1, 0.15) is 36.8 Å². The molecule has 2 N–H and O–H groups in total. The Morgan fingerprint density at radius 3 is 2.76 bits per heavy atom. The molecule has 1 aromatic carbocycles. The first-order valence-corrected chi connectivity index (χ1v) is 6.10. The molecular weight excluding hydrogens is 212 g/mol. The minimum atomic E-state index is -0.587. The van der Waals surface area contributed by atoms with Gasteiger partial charge in [0, 0.05) is 6.54 Å². The highest BCUT2D eigenvalue weighted by molar-refractivity contribution is 5.58. The van der Waals surface area contributed by atoms with Gasteiger partial charge in [0.05, 0.1) is 16.9 Å². The molecule has 0 amide bonds. The van der Waals surface area contributed by atoms with E-state index in [-0.39, 0.29) is 0 Å². The highest BCUT2D eigenvalue weighted by atomic mass is 16.3. The van der Waals surface area contributed by atoms with E-state index in [1.165, 1.54) is 0 Å². The van der Waals surface area contributed by atoms with Crippen LogP contribution in [0, 0.1) is 18.3 Å². The van der Waals surface area contributed by atoms with Crippen LogP contribution in [0.5, 0.6) is 0 Å². The smallest absolute Gasteiger partial charge is 0.101 e. The molecule has 0 aromatic heterocycles. The standard InChI is InChI=1S/C14H18N2O/c1-11-4-5-12(9-15)13(8-11)16-10-14(17)6-2-3-7-14/h4-5,8,16-17H,2-3,6-7,10H2,1H3. The number of nitrogens with zero attached hydrogens (tertiary/aromatic N) is 1. The van der Waals surface area contributed by atoms with Gasteiger partial charge in [0.1, 0.15) is 6.07 Å². The summed E-state index contributed by atoms with van der Waals surface area (Å²) in [6.45, 7) is 2.53. The van der Waals surface area contributed by atoms with Crippen molar-refractivity contribution in [2.45, 2.75) is 38.2 Å². The van der Waals surface area contributed by atoms with Crippen molar-refractivity contribution in [3.05, 3.63) is 29.3 Å². The second-order valence-corrected chi connectivity index (χ2v) is 4.95. The predicted octanol–water partition coefficient (Wildman–Crippen LogP) is 2.58. The number of anilines is 1. The zero-order chi connectivity index (χ0) is 12.3. The molecule has 1 aromatic rings. The number of nitrogens with one attached hydrogen (secondary N) is 1. The molecule has 1 saturated carbocycles. The fourth-order valence-corrected chi connectivity index (χ4v) is 2.37. The van der Waals surface area contributed by atoms with Crippen LogP contribution in [-0.4, -0.2) is 17.3 Å². The van der Waals surface area contributed by atoms with Gasteiger partial charge in [-0.05, 0) is 37.5 Å². The van der Waals surface area contributed by atoms with Crippen molar-refractivity contribution in [3.8, 4) is 6.07 Å². The van der Waals surface area contributed by atoms with E-state index in [0.717, 1.165) is 36.9 Å². The molecule has 1 aliphatic carbocycles. The fraction of sp³-hybridized carbons (Fsp3) is 0.500. The van der Waals surface area contributed by atoms with E-state index in [4.69, 9.17) is 5.26 Å². The van der Waals surface area contributed by atoms with Gasteiger partial charge in [0.25, 0.3) is 0 Å². The lowest BCUT2D eigenvalue weighted by atomic mass is 10.0. The van der Waals surface area contributed by atoms with Crippen molar-refractivity contribution < 1.29 is 5.11 Å². The summed E-state index contributed by atoms with van der Waals surface area (Å²) in [6, 6.07) is 7.86. The van der Waals surface area contributed by atoms with E-state index >= 15 is 0 Å². The van der Waals surface area contributed by atoms with Gasteiger partial charge in [-0.15, -0.1) is 0 Å². The van der Waals surface area contributed by atoms with Crippen LogP contribution in [-0.2, 0) is 0 Å². The summed E-state index contributed by atoms with van der Waals surface area (Å²) in [5.41, 5.74) is 1.99. The molecule has 0 saturated heterocycles. The lowest BCUT2D eigenvalue weighted by Crippen LogP contribution is -2.33. The summed E-state index contributed by atoms with van der Waals surface area (Å²) in [6.07, 6.45) is 3.90. The first-order chi connectivity index (χ1) is 8.13. The Morgan fingerprint density at radius 2 is 2.12 bits per heavy atom. The minimum Gasteiger partial charge on any atom is -0.388 e. The first-order valence-electron chi connectivity index (χ1n) is 6.10. The van der Waals surface area contributed by atoms with Gasteiger partial charge in [-0.1, -0.05) is 18.9 Å². The average molecular weight is 230 g/mol. The van der Waals surface area contributed by atoms with Gasteiger partial charge in [0.2, 0.25) is 0 Å². The third kappa shape index (κ3) is 2.78. The largest absolute Gasteiger partial charge is 0.388 e. The Bertz CT molecular complexity index is 442. The van der Waals surface area contributed by atoms with Gasteiger partial charge < -0.3 is 10.4 Å². The van der Waals surface area contributed by atoms with E-state index in [0.29, 0.717) is 12.1 Å². The summed E-state index contributed by atoms with van der Waals surface area (Å²) in [4.78, 5) is 0. The van der Waals surface area contributed by atoms with Gasteiger partial charge in [-0.2, -0.15) is 5.26 Å². The molecule has 3 heteroatoms. The number of nitriles is 1. The number of aliphatic hydroxyl groups is 1. The highest BCUT2D eigenvalue weighted by Gasteiger charge is 2.30. The summed E-state index contributed by atoms with van der Waals surface area (Å²) in [5, 5.41) is 22.5. The van der Waals surface area contributed by atoms with E-state index in [1.807, 2.05) is 25.1 Å². The van der Waals surface area contributed by atoms with Gasteiger partial charge in [-0.3, -0.25) is 0 Å². The monoisotopic (exact) mass is 230 g/mol. The molecule has 0 aliphatic heterocycles. The second-order valence-electron chi connectivity index (χ2n) is 4.95. The van der Waals surface area contributed by atoms with Crippen LogP contribution < -0.4 is 5.32 Å². The van der Waals surface area contributed by atoms with E-state index in [9.17, 15) is 5.11 Å². The average Bonchev–Trinajstić information content (AvgIpc) is 2.74. The Kier molecular flexibility index (Phi) is 3.35. The number of rotatable bonds is 3. The SMILES string of the molecule is Cc1ccc(C#N)c(NCC2(O)CCCC2)c1. The molecule has 17 heavy (non-hydrogen) atoms.